The van der Waals surface area contributed by atoms with E-state index in [-0.39, 0.29) is 17.4 Å². The van der Waals surface area contributed by atoms with Gasteiger partial charge in [0.25, 0.3) is 0 Å². The molecule has 2 rings (SSSR count). The summed E-state index contributed by atoms with van der Waals surface area (Å²) in [6.45, 7) is 10.7. The normalized spacial score (nSPS) is 16.0. The molecule has 1 aliphatic rings. The van der Waals surface area contributed by atoms with Crippen molar-refractivity contribution < 1.29 is 17.9 Å². The van der Waals surface area contributed by atoms with E-state index in [1.807, 2.05) is 12.1 Å². The third-order valence-electron chi connectivity index (χ3n) is 5.18. The van der Waals surface area contributed by atoms with Crippen molar-refractivity contribution in [3.05, 3.63) is 40.3 Å². The second-order valence-corrected chi connectivity index (χ2v) is 10.4. The summed E-state index contributed by atoms with van der Waals surface area (Å²) in [7, 11) is -1.84. The number of carbonyl (C=O) groups is 1. The molecule has 0 atom stereocenters. The topological polar surface area (TPSA) is 75.7 Å². The predicted octanol–water partition coefficient (Wildman–Crippen LogP) is 3.63. The molecule has 1 amide bonds. The van der Waals surface area contributed by atoms with Crippen LogP contribution in [-0.2, 0) is 26.7 Å². The van der Waals surface area contributed by atoms with Gasteiger partial charge < -0.3 is 9.64 Å². The third kappa shape index (κ3) is 6.46. The van der Waals surface area contributed by atoms with Gasteiger partial charge in [-0.05, 0) is 41.9 Å². The van der Waals surface area contributed by atoms with Gasteiger partial charge in [-0.3, -0.25) is 4.79 Å². The molecule has 1 heterocycles. The van der Waals surface area contributed by atoms with E-state index in [0.29, 0.717) is 49.5 Å². The van der Waals surface area contributed by atoms with E-state index in [4.69, 9.17) is 16.3 Å². The molecule has 1 fully saturated rings. The molecule has 8 heteroatoms. The molecule has 1 N–H and O–H groups in total. The summed E-state index contributed by atoms with van der Waals surface area (Å²) in [5.74, 6) is 0.748. The van der Waals surface area contributed by atoms with Gasteiger partial charge in [0.15, 0.2) is 0 Å². The number of rotatable bonds is 7. The molecule has 0 spiro atoms. The highest BCUT2D eigenvalue weighted by Gasteiger charge is 2.25. The van der Waals surface area contributed by atoms with E-state index >= 15 is 0 Å². The van der Waals surface area contributed by atoms with Crippen LogP contribution in [0.15, 0.2) is 24.1 Å². The van der Waals surface area contributed by atoms with Crippen LogP contribution >= 0.6 is 11.6 Å². The van der Waals surface area contributed by atoms with Gasteiger partial charge in [-0.15, -0.1) is 0 Å². The van der Waals surface area contributed by atoms with E-state index in [2.05, 4.69) is 32.1 Å². The van der Waals surface area contributed by atoms with Crippen molar-refractivity contribution in [2.45, 2.75) is 57.9 Å². The lowest BCUT2D eigenvalue weighted by Gasteiger charge is -2.32. The molecule has 0 saturated carbocycles. The number of hydrogen-bond donors (Lipinski definition) is 1. The van der Waals surface area contributed by atoms with Gasteiger partial charge in [0, 0.05) is 36.0 Å². The van der Waals surface area contributed by atoms with Crippen LogP contribution in [0.3, 0.4) is 0 Å². The summed E-state index contributed by atoms with van der Waals surface area (Å²) in [4.78, 5) is 14.5. The molecule has 0 aromatic heterocycles. The Hall–Kier alpha value is -1.57. The highest BCUT2D eigenvalue weighted by Crippen LogP contribution is 2.35. The van der Waals surface area contributed by atoms with Crippen molar-refractivity contribution in [1.29, 1.82) is 0 Å². The SMILES string of the molecule is C=CS(=O)(=O)NC1CCN(C(=O)CCc2cc(C(C)(C)C)c(Cl)cc2OC)CC1. The van der Waals surface area contributed by atoms with Crippen LogP contribution < -0.4 is 9.46 Å². The van der Waals surface area contributed by atoms with Crippen LogP contribution in [-0.4, -0.2) is 45.5 Å². The first kappa shape index (κ1) is 23.7. The number of ether oxygens (including phenoxy) is 1. The molecular formula is C21H31ClN2O4S. The Morgan fingerprint density at radius 1 is 1.34 bits per heavy atom. The Labute approximate surface area is 179 Å². The molecule has 0 unspecified atom stereocenters. The number of methoxy groups -OCH3 is 1. The molecule has 1 aromatic rings. The molecule has 0 bridgehead atoms. The second-order valence-electron chi connectivity index (χ2n) is 8.38. The van der Waals surface area contributed by atoms with Crippen LogP contribution in [0, 0.1) is 0 Å². The lowest BCUT2D eigenvalue weighted by molar-refractivity contribution is -0.132. The number of carbonyl (C=O) groups excluding carboxylic acids is 1. The molecule has 29 heavy (non-hydrogen) atoms. The van der Waals surface area contributed by atoms with Gasteiger partial charge in [-0.2, -0.15) is 0 Å². The zero-order valence-corrected chi connectivity index (χ0v) is 19.2. The maximum Gasteiger partial charge on any atom is 0.233 e. The van der Waals surface area contributed by atoms with Crippen molar-refractivity contribution in [1.82, 2.24) is 9.62 Å². The van der Waals surface area contributed by atoms with Crippen molar-refractivity contribution in [2.24, 2.45) is 0 Å². The lowest BCUT2D eigenvalue weighted by atomic mass is 9.85. The Morgan fingerprint density at radius 2 is 1.97 bits per heavy atom. The maximum atomic E-state index is 12.7. The van der Waals surface area contributed by atoms with Gasteiger partial charge in [0.1, 0.15) is 5.75 Å². The minimum atomic E-state index is -3.44. The standard InChI is InChI=1S/C21H31ClN2O4S/c1-6-29(26,27)23-16-9-11-24(12-10-16)20(25)8-7-15-13-17(21(2,3)4)18(22)14-19(15)28-5/h6,13-14,16,23H,1,7-12H2,2-5H3. The van der Waals surface area contributed by atoms with Gasteiger partial charge in [-0.25, -0.2) is 13.1 Å². The number of aryl methyl sites for hydroxylation is 1. The highest BCUT2D eigenvalue weighted by atomic mass is 35.5. The first-order chi connectivity index (χ1) is 13.5. The van der Waals surface area contributed by atoms with Crippen molar-refractivity contribution in [3.63, 3.8) is 0 Å². The van der Waals surface area contributed by atoms with E-state index in [1.165, 1.54) is 0 Å². The van der Waals surface area contributed by atoms with E-state index < -0.39 is 10.0 Å². The number of likely N-dealkylation sites (tertiary alicyclic amines) is 1. The largest absolute Gasteiger partial charge is 0.496 e. The fourth-order valence-corrected chi connectivity index (χ4v) is 4.72. The molecule has 0 aliphatic carbocycles. The second kappa shape index (κ2) is 9.49. The Morgan fingerprint density at radius 3 is 2.48 bits per heavy atom. The van der Waals surface area contributed by atoms with Gasteiger partial charge in [0.2, 0.25) is 15.9 Å². The Kier molecular flexibility index (Phi) is 7.76. The zero-order valence-electron chi connectivity index (χ0n) is 17.6. The van der Waals surface area contributed by atoms with Crippen molar-refractivity contribution >= 4 is 27.5 Å². The fourth-order valence-electron chi connectivity index (χ4n) is 3.49. The van der Waals surface area contributed by atoms with Crippen LogP contribution in [0.5, 0.6) is 5.75 Å². The molecule has 6 nitrogen and oxygen atoms in total. The molecule has 162 valence electrons. The van der Waals surface area contributed by atoms with Crippen LogP contribution in [0.4, 0.5) is 0 Å². The molecule has 1 saturated heterocycles. The Balaban J connectivity index is 1.98. The number of nitrogens with one attached hydrogen (secondary N) is 1. The summed E-state index contributed by atoms with van der Waals surface area (Å²) >= 11 is 6.41. The van der Waals surface area contributed by atoms with Crippen molar-refractivity contribution in [2.75, 3.05) is 20.2 Å². The van der Waals surface area contributed by atoms with E-state index in [1.54, 1.807) is 12.0 Å². The molecular weight excluding hydrogens is 412 g/mol. The maximum absolute atomic E-state index is 12.7. The first-order valence-electron chi connectivity index (χ1n) is 9.76. The zero-order chi connectivity index (χ0) is 21.8. The van der Waals surface area contributed by atoms with Gasteiger partial charge in [0.05, 0.1) is 7.11 Å². The summed E-state index contributed by atoms with van der Waals surface area (Å²) in [6.07, 6.45) is 2.12. The monoisotopic (exact) mass is 442 g/mol. The van der Waals surface area contributed by atoms with Crippen molar-refractivity contribution in [3.8, 4) is 5.75 Å². The van der Waals surface area contributed by atoms with Crippen LogP contribution in [0.25, 0.3) is 0 Å². The van der Waals surface area contributed by atoms with E-state index in [0.717, 1.165) is 16.5 Å². The number of hydrogen-bond acceptors (Lipinski definition) is 4. The summed E-state index contributed by atoms with van der Waals surface area (Å²) < 4.78 is 31.2. The lowest BCUT2D eigenvalue weighted by Crippen LogP contribution is -2.46. The Bertz CT molecular complexity index is 854. The summed E-state index contributed by atoms with van der Waals surface area (Å²) in [5.41, 5.74) is 1.88. The summed E-state index contributed by atoms with van der Waals surface area (Å²) in [6, 6.07) is 3.69. The molecule has 0 radical (unpaired) electrons. The first-order valence-corrected chi connectivity index (χ1v) is 11.7. The minimum absolute atomic E-state index is 0.0596. The minimum Gasteiger partial charge on any atom is -0.496 e. The van der Waals surface area contributed by atoms with E-state index in [9.17, 15) is 13.2 Å². The quantitative estimate of drug-likeness (QED) is 0.699. The average Bonchev–Trinajstić information content (AvgIpc) is 2.65. The number of amides is 1. The summed E-state index contributed by atoms with van der Waals surface area (Å²) in [5, 5.41) is 1.57. The smallest absolute Gasteiger partial charge is 0.233 e. The van der Waals surface area contributed by atoms with Crippen LogP contribution in [0.1, 0.15) is 51.2 Å². The third-order valence-corrected chi connectivity index (χ3v) is 6.60. The predicted molar refractivity (Wildman–Crippen MR) is 117 cm³/mol. The van der Waals surface area contributed by atoms with Gasteiger partial charge in [-0.1, -0.05) is 45.0 Å². The van der Waals surface area contributed by atoms with Gasteiger partial charge >= 0.3 is 0 Å². The fraction of sp³-hybridized carbons (Fsp3) is 0.571. The molecule has 1 aromatic carbocycles. The number of halogens is 1. The number of piperidine rings is 1. The van der Waals surface area contributed by atoms with Crippen LogP contribution in [0.2, 0.25) is 5.02 Å². The molecule has 1 aliphatic heterocycles. The number of nitrogens with zero attached hydrogens (tertiary/aromatic N) is 1. The number of benzene rings is 1. The highest BCUT2D eigenvalue weighted by molar-refractivity contribution is 7.92. The number of sulfonamides is 1. The average molecular weight is 443 g/mol.